The van der Waals surface area contributed by atoms with E-state index in [0.717, 1.165) is 11.1 Å². The summed E-state index contributed by atoms with van der Waals surface area (Å²) in [4.78, 5) is 27.1. The second-order valence-electron chi connectivity index (χ2n) is 8.71. The van der Waals surface area contributed by atoms with Gasteiger partial charge >= 0.3 is 0 Å². The van der Waals surface area contributed by atoms with Crippen LogP contribution in [0.2, 0.25) is 0 Å². The summed E-state index contributed by atoms with van der Waals surface area (Å²) in [7, 11) is 3.17. The van der Waals surface area contributed by atoms with Crippen molar-refractivity contribution in [1.82, 2.24) is 10.3 Å². The second kappa shape index (κ2) is 12.6. The van der Waals surface area contributed by atoms with Gasteiger partial charge in [-0.25, -0.2) is 5.43 Å². The van der Waals surface area contributed by atoms with E-state index in [0.29, 0.717) is 55.4 Å². The maximum Gasteiger partial charge on any atom is 0.253 e. The zero-order valence-corrected chi connectivity index (χ0v) is 21.1. The number of methoxy groups -OCH3 is 2. The first kappa shape index (κ1) is 25.8. The number of amides is 2. The van der Waals surface area contributed by atoms with Crippen LogP contribution >= 0.6 is 0 Å². The van der Waals surface area contributed by atoms with Crippen LogP contribution in [0.5, 0.6) is 17.2 Å². The summed E-state index contributed by atoms with van der Waals surface area (Å²) >= 11 is 0. The zero-order chi connectivity index (χ0) is 26.0. The summed E-state index contributed by atoms with van der Waals surface area (Å²) in [5, 5.41) is 4.12. The molecule has 0 saturated carbocycles. The first-order valence-electron chi connectivity index (χ1n) is 12.2. The summed E-state index contributed by atoms with van der Waals surface area (Å²) in [5.41, 5.74) is 5.07. The third kappa shape index (κ3) is 6.88. The molecule has 4 rings (SSSR count). The molecule has 0 radical (unpaired) electrons. The van der Waals surface area contributed by atoms with E-state index >= 15 is 0 Å². The first-order chi connectivity index (χ1) is 18.1. The molecule has 8 heteroatoms. The van der Waals surface area contributed by atoms with Gasteiger partial charge in [0.25, 0.3) is 5.91 Å². The Kier molecular flexibility index (Phi) is 8.75. The average molecular weight is 502 g/mol. The lowest BCUT2D eigenvalue weighted by atomic mass is 9.95. The largest absolute Gasteiger partial charge is 0.497 e. The maximum absolute atomic E-state index is 12.7. The third-order valence-corrected chi connectivity index (χ3v) is 6.30. The number of ether oxygens (including phenoxy) is 3. The van der Waals surface area contributed by atoms with Crippen LogP contribution in [0.4, 0.5) is 0 Å². The third-order valence-electron chi connectivity index (χ3n) is 6.30. The van der Waals surface area contributed by atoms with Crippen molar-refractivity contribution < 1.29 is 23.8 Å². The average Bonchev–Trinajstić information content (AvgIpc) is 2.96. The normalized spacial score (nSPS) is 13.8. The van der Waals surface area contributed by atoms with E-state index in [2.05, 4.69) is 10.5 Å². The van der Waals surface area contributed by atoms with Crippen molar-refractivity contribution in [1.29, 1.82) is 0 Å². The summed E-state index contributed by atoms with van der Waals surface area (Å²) in [6.07, 6.45) is 2.75. The van der Waals surface area contributed by atoms with E-state index < -0.39 is 0 Å². The van der Waals surface area contributed by atoms with E-state index in [4.69, 9.17) is 14.2 Å². The summed E-state index contributed by atoms with van der Waals surface area (Å²) in [6.45, 7) is 1.48. The van der Waals surface area contributed by atoms with Crippen LogP contribution in [-0.2, 0) is 11.4 Å². The molecule has 0 aromatic heterocycles. The van der Waals surface area contributed by atoms with Crippen LogP contribution in [0, 0.1) is 5.92 Å². The lowest BCUT2D eigenvalue weighted by molar-refractivity contribution is -0.126. The number of carbonyl (C=O) groups excluding carboxylic acids is 2. The molecule has 3 aromatic rings. The molecular formula is C29H31N3O5. The Morgan fingerprint density at radius 3 is 2.35 bits per heavy atom. The maximum atomic E-state index is 12.7. The van der Waals surface area contributed by atoms with E-state index in [1.165, 1.54) is 0 Å². The fourth-order valence-electron chi connectivity index (χ4n) is 4.14. The Hall–Kier alpha value is -4.33. The molecule has 37 heavy (non-hydrogen) atoms. The highest BCUT2D eigenvalue weighted by Crippen LogP contribution is 2.28. The Labute approximate surface area is 216 Å². The highest BCUT2D eigenvalue weighted by atomic mass is 16.5. The molecule has 3 aromatic carbocycles. The first-order valence-corrected chi connectivity index (χ1v) is 12.2. The minimum Gasteiger partial charge on any atom is -0.497 e. The predicted molar refractivity (Wildman–Crippen MR) is 141 cm³/mol. The molecule has 0 aliphatic carbocycles. The zero-order valence-electron chi connectivity index (χ0n) is 21.1. The van der Waals surface area contributed by atoms with Crippen molar-refractivity contribution in [2.75, 3.05) is 27.3 Å². The van der Waals surface area contributed by atoms with Gasteiger partial charge in [0.1, 0.15) is 12.4 Å². The number of hydrogen-bond acceptors (Lipinski definition) is 6. The standard InChI is InChI=1S/C29H31N3O5/c1-35-25-11-9-24(10-12-25)29(34)32-16-14-23(15-17-32)28(33)31-30-19-22-8-13-26(27(18-22)36-2)37-20-21-6-4-3-5-7-21/h3-13,18-19,23H,14-17,20H2,1-2H3,(H,31,33)/b30-19-. The van der Waals surface area contributed by atoms with Gasteiger partial charge in [-0.2, -0.15) is 5.10 Å². The van der Waals surface area contributed by atoms with E-state index in [-0.39, 0.29) is 17.7 Å². The number of likely N-dealkylation sites (tertiary alicyclic amines) is 1. The van der Waals surface area contributed by atoms with Gasteiger partial charge < -0.3 is 19.1 Å². The molecule has 1 heterocycles. The smallest absolute Gasteiger partial charge is 0.253 e. The summed E-state index contributed by atoms with van der Waals surface area (Å²) < 4.78 is 16.5. The lowest BCUT2D eigenvalue weighted by Gasteiger charge is -2.31. The van der Waals surface area contributed by atoms with Crippen LogP contribution in [-0.4, -0.2) is 50.2 Å². The SMILES string of the molecule is COc1ccc(C(=O)N2CCC(C(=O)N/N=C\c3ccc(OCc4ccccc4)c(OC)c3)CC2)cc1. The van der Waals surface area contributed by atoms with Crippen molar-refractivity contribution in [2.24, 2.45) is 11.0 Å². The monoisotopic (exact) mass is 501 g/mol. The summed E-state index contributed by atoms with van der Waals surface area (Å²) in [6, 6.07) is 22.4. The number of piperidine rings is 1. The van der Waals surface area contributed by atoms with Gasteiger partial charge in [0.15, 0.2) is 11.5 Å². The molecule has 1 aliphatic rings. The van der Waals surface area contributed by atoms with Crippen molar-refractivity contribution in [3.8, 4) is 17.2 Å². The minimum atomic E-state index is -0.194. The van der Waals surface area contributed by atoms with Gasteiger partial charge in [-0.05, 0) is 66.4 Å². The van der Waals surface area contributed by atoms with Crippen molar-refractivity contribution in [3.63, 3.8) is 0 Å². The van der Waals surface area contributed by atoms with Crippen molar-refractivity contribution in [3.05, 3.63) is 89.5 Å². The highest BCUT2D eigenvalue weighted by molar-refractivity contribution is 5.94. The number of nitrogens with one attached hydrogen (secondary N) is 1. The number of nitrogens with zero attached hydrogens (tertiary/aromatic N) is 2. The van der Waals surface area contributed by atoms with Gasteiger partial charge in [-0.1, -0.05) is 30.3 Å². The summed E-state index contributed by atoms with van der Waals surface area (Å²) in [5.74, 6) is 1.54. The fourth-order valence-corrected chi connectivity index (χ4v) is 4.14. The molecule has 1 aliphatic heterocycles. The quantitative estimate of drug-likeness (QED) is 0.349. The minimum absolute atomic E-state index is 0.0373. The van der Waals surface area contributed by atoms with Crippen LogP contribution in [0.1, 0.15) is 34.3 Å². The van der Waals surface area contributed by atoms with Gasteiger partial charge in [-0.15, -0.1) is 0 Å². The Morgan fingerprint density at radius 1 is 0.946 bits per heavy atom. The molecule has 0 bridgehead atoms. The van der Waals surface area contributed by atoms with Crippen LogP contribution < -0.4 is 19.6 Å². The molecule has 192 valence electrons. The molecule has 8 nitrogen and oxygen atoms in total. The lowest BCUT2D eigenvalue weighted by Crippen LogP contribution is -2.42. The van der Waals surface area contributed by atoms with Crippen LogP contribution in [0.15, 0.2) is 77.9 Å². The van der Waals surface area contributed by atoms with E-state index in [1.54, 1.807) is 55.7 Å². The fraction of sp³-hybridized carbons (Fsp3) is 0.276. The molecule has 0 atom stereocenters. The number of benzene rings is 3. The highest BCUT2D eigenvalue weighted by Gasteiger charge is 2.27. The van der Waals surface area contributed by atoms with E-state index in [1.807, 2.05) is 42.5 Å². The topological polar surface area (TPSA) is 89.5 Å². The second-order valence-corrected chi connectivity index (χ2v) is 8.71. The number of hydrogen-bond donors (Lipinski definition) is 1. The van der Waals surface area contributed by atoms with Gasteiger partial charge in [-0.3, -0.25) is 9.59 Å². The molecule has 1 N–H and O–H groups in total. The molecule has 0 spiro atoms. The van der Waals surface area contributed by atoms with Crippen LogP contribution in [0.25, 0.3) is 0 Å². The van der Waals surface area contributed by atoms with Gasteiger partial charge in [0.2, 0.25) is 5.91 Å². The molecule has 0 unspecified atom stereocenters. The van der Waals surface area contributed by atoms with Gasteiger partial charge in [0.05, 0.1) is 20.4 Å². The predicted octanol–water partition coefficient (Wildman–Crippen LogP) is 4.29. The number of carbonyl (C=O) groups is 2. The van der Waals surface area contributed by atoms with Gasteiger partial charge in [0, 0.05) is 24.6 Å². The van der Waals surface area contributed by atoms with Crippen LogP contribution in [0.3, 0.4) is 0 Å². The number of rotatable bonds is 9. The van der Waals surface area contributed by atoms with Crippen molar-refractivity contribution in [2.45, 2.75) is 19.4 Å². The Morgan fingerprint density at radius 2 is 1.68 bits per heavy atom. The molecule has 2 amide bonds. The Bertz CT molecular complexity index is 1220. The molecule has 1 saturated heterocycles. The number of hydrazone groups is 1. The molecular weight excluding hydrogens is 470 g/mol. The van der Waals surface area contributed by atoms with Crippen molar-refractivity contribution >= 4 is 18.0 Å². The molecule has 1 fully saturated rings. The van der Waals surface area contributed by atoms with E-state index in [9.17, 15) is 9.59 Å². The Balaban J connectivity index is 1.25.